The normalized spacial score (nSPS) is 28.1. The third-order valence-corrected chi connectivity index (χ3v) is 8.41. The minimum atomic E-state index is -0.501. The number of piperidine rings is 2. The summed E-state index contributed by atoms with van der Waals surface area (Å²) in [5, 5.41) is 0. The molecule has 2 heterocycles. The second kappa shape index (κ2) is 8.13. The number of nitrogens with zero attached hydrogens (tertiary/aromatic N) is 1. The zero-order valence-electron chi connectivity index (χ0n) is 22.0. The molecule has 33 heavy (non-hydrogen) atoms. The quantitative estimate of drug-likeness (QED) is 0.449. The lowest BCUT2D eigenvalue weighted by Crippen LogP contribution is -2.56. The fraction of sp³-hybridized carbons (Fsp3) is 0.724. The van der Waals surface area contributed by atoms with Gasteiger partial charge in [-0.25, -0.2) is 4.79 Å². The molecule has 0 radical (unpaired) electrons. The Bertz CT molecular complexity index is 938. The predicted octanol–water partition coefficient (Wildman–Crippen LogP) is 7.09. The van der Waals surface area contributed by atoms with Crippen LogP contribution >= 0.6 is 0 Å². The second-order valence-electron chi connectivity index (χ2n) is 13.1. The number of Topliss-reactive ketones (excluding diaryl/α,β-unsaturated/α-hetero) is 1. The predicted molar refractivity (Wildman–Crippen MR) is 133 cm³/mol. The van der Waals surface area contributed by atoms with Gasteiger partial charge in [0.1, 0.15) is 5.60 Å². The Morgan fingerprint density at radius 3 is 1.97 bits per heavy atom. The zero-order valence-corrected chi connectivity index (χ0v) is 22.0. The number of ether oxygens (including phenoxy) is 1. The van der Waals surface area contributed by atoms with Crippen LogP contribution in [0.15, 0.2) is 12.1 Å². The summed E-state index contributed by atoms with van der Waals surface area (Å²) < 4.78 is 5.72. The maximum Gasteiger partial charge on any atom is 0.410 e. The number of carbonyl (C=O) groups is 2. The van der Waals surface area contributed by atoms with E-state index in [4.69, 9.17) is 4.74 Å². The summed E-state index contributed by atoms with van der Waals surface area (Å²) in [6.07, 6.45) is 6.65. The summed E-state index contributed by atoms with van der Waals surface area (Å²) in [7, 11) is 0. The molecule has 1 aromatic carbocycles. The number of fused-ring (bicyclic) bond motifs is 3. The molecule has 2 aliphatic heterocycles. The van der Waals surface area contributed by atoms with E-state index in [2.05, 4.69) is 46.8 Å². The molecule has 2 fully saturated rings. The molecule has 4 rings (SSSR count). The topological polar surface area (TPSA) is 46.6 Å². The van der Waals surface area contributed by atoms with Crippen LogP contribution < -0.4 is 0 Å². The molecule has 2 unspecified atom stereocenters. The van der Waals surface area contributed by atoms with Crippen molar-refractivity contribution in [3.8, 4) is 0 Å². The average molecular weight is 454 g/mol. The molecule has 0 saturated carbocycles. The molecule has 2 bridgehead atoms. The lowest BCUT2D eigenvalue weighted by Gasteiger charge is -2.48. The van der Waals surface area contributed by atoms with Gasteiger partial charge in [0, 0.05) is 23.6 Å². The molecule has 0 N–H and O–H groups in total. The molecule has 4 heteroatoms. The molecule has 2 saturated heterocycles. The van der Waals surface area contributed by atoms with E-state index in [1.54, 1.807) is 0 Å². The maximum atomic E-state index is 13.9. The van der Waals surface area contributed by atoms with Gasteiger partial charge in [0.15, 0.2) is 5.78 Å². The van der Waals surface area contributed by atoms with Crippen molar-refractivity contribution in [2.24, 2.45) is 5.92 Å². The van der Waals surface area contributed by atoms with Crippen molar-refractivity contribution in [1.29, 1.82) is 0 Å². The van der Waals surface area contributed by atoms with Crippen molar-refractivity contribution in [2.45, 2.75) is 129 Å². The lowest BCUT2D eigenvalue weighted by atomic mass is 9.62. The highest BCUT2D eigenvalue weighted by Gasteiger charge is 2.45. The molecule has 182 valence electrons. The van der Waals surface area contributed by atoms with Crippen LogP contribution in [-0.4, -0.2) is 34.5 Å². The summed E-state index contributed by atoms with van der Waals surface area (Å²) in [6.45, 7) is 17.1. The largest absolute Gasteiger partial charge is 0.444 e. The van der Waals surface area contributed by atoms with Crippen LogP contribution in [0.25, 0.3) is 0 Å². The third-order valence-electron chi connectivity index (χ3n) is 8.41. The Morgan fingerprint density at radius 1 is 0.939 bits per heavy atom. The molecule has 1 aliphatic carbocycles. The minimum Gasteiger partial charge on any atom is -0.444 e. The van der Waals surface area contributed by atoms with Crippen LogP contribution in [0.1, 0.15) is 120 Å². The monoisotopic (exact) mass is 453 g/mol. The highest BCUT2D eigenvalue weighted by molar-refractivity contribution is 5.99. The van der Waals surface area contributed by atoms with E-state index in [-0.39, 0.29) is 40.7 Å². The highest BCUT2D eigenvalue weighted by atomic mass is 16.6. The van der Waals surface area contributed by atoms with Crippen molar-refractivity contribution in [2.75, 3.05) is 0 Å². The molecule has 2 atom stereocenters. The SMILES string of the molecule is Cc1cc2c(cc1C(=O)C1CC3CCCC(C1)N3C(=O)OC(C)(C)C)C(C)(C)CCC2(C)C. The van der Waals surface area contributed by atoms with Gasteiger partial charge >= 0.3 is 6.09 Å². The van der Waals surface area contributed by atoms with Crippen LogP contribution in [0.5, 0.6) is 0 Å². The van der Waals surface area contributed by atoms with Gasteiger partial charge in [0.05, 0.1) is 0 Å². The van der Waals surface area contributed by atoms with Crippen molar-refractivity contribution in [3.05, 3.63) is 34.4 Å². The number of ketones is 1. The van der Waals surface area contributed by atoms with Crippen LogP contribution in [0.4, 0.5) is 4.79 Å². The summed E-state index contributed by atoms with van der Waals surface area (Å²) in [6, 6.07) is 4.73. The van der Waals surface area contributed by atoms with Gasteiger partial charge in [0.25, 0.3) is 0 Å². The molecule has 4 nitrogen and oxygen atoms in total. The van der Waals surface area contributed by atoms with Crippen molar-refractivity contribution in [1.82, 2.24) is 4.90 Å². The Balaban J connectivity index is 1.61. The fourth-order valence-electron chi connectivity index (χ4n) is 6.42. The standard InChI is InChI=1S/C29H43NO3/c1-18-14-23-24(29(7,8)13-12-28(23,5)6)17-22(18)25(31)19-15-20-10-9-11-21(16-19)30(20)26(32)33-27(2,3)4/h14,17,19-21H,9-13,15-16H2,1-8H3. The smallest absolute Gasteiger partial charge is 0.410 e. The molecular formula is C29H43NO3. The zero-order chi connectivity index (χ0) is 24.3. The number of aryl methyl sites for hydroxylation is 1. The summed E-state index contributed by atoms with van der Waals surface area (Å²) in [4.78, 5) is 28.8. The first-order valence-electron chi connectivity index (χ1n) is 12.9. The first kappa shape index (κ1) is 24.3. The van der Waals surface area contributed by atoms with E-state index in [1.165, 1.54) is 17.5 Å². The minimum absolute atomic E-state index is 0.0181. The van der Waals surface area contributed by atoms with E-state index in [1.807, 2.05) is 25.7 Å². The molecule has 1 amide bonds. The number of amides is 1. The molecule has 0 spiro atoms. The van der Waals surface area contributed by atoms with Crippen LogP contribution in [0.3, 0.4) is 0 Å². The Morgan fingerprint density at radius 2 is 1.45 bits per heavy atom. The second-order valence-corrected chi connectivity index (χ2v) is 13.1. The maximum absolute atomic E-state index is 13.9. The Labute approximate surface area is 200 Å². The summed E-state index contributed by atoms with van der Waals surface area (Å²) >= 11 is 0. The van der Waals surface area contributed by atoms with Gasteiger partial charge in [-0.3, -0.25) is 4.79 Å². The van der Waals surface area contributed by atoms with Gasteiger partial charge in [-0.05, 0) is 106 Å². The molecule has 0 aromatic heterocycles. The van der Waals surface area contributed by atoms with Crippen molar-refractivity contribution < 1.29 is 14.3 Å². The van der Waals surface area contributed by atoms with Crippen LogP contribution in [0, 0.1) is 12.8 Å². The van der Waals surface area contributed by atoms with Gasteiger partial charge in [0.2, 0.25) is 0 Å². The highest BCUT2D eigenvalue weighted by Crippen LogP contribution is 2.47. The Hall–Kier alpha value is -1.84. The molecule has 3 aliphatic rings. The Kier molecular flexibility index (Phi) is 5.98. The van der Waals surface area contributed by atoms with E-state index in [0.717, 1.165) is 49.7 Å². The number of hydrogen-bond acceptors (Lipinski definition) is 3. The van der Waals surface area contributed by atoms with E-state index >= 15 is 0 Å². The lowest BCUT2D eigenvalue weighted by molar-refractivity contribution is -0.0260. The fourth-order valence-corrected chi connectivity index (χ4v) is 6.42. The van der Waals surface area contributed by atoms with E-state index in [0.29, 0.717) is 0 Å². The van der Waals surface area contributed by atoms with Crippen molar-refractivity contribution >= 4 is 11.9 Å². The van der Waals surface area contributed by atoms with Gasteiger partial charge in [-0.15, -0.1) is 0 Å². The first-order valence-corrected chi connectivity index (χ1v) is 12.9. The van der Waals surface area contributed by atoms with E-state index < -0.39 is 5.60 Å². The number of carbonyl (C=O) groups excluding carboxylic acids is 2. The average Bonchev–Trinajstić information content (AvgIpc) is 2.68. The van der Waals surface area contributed by atoms with Crippen LogP contribution in [0.2, 0.25) is 0 Å². The number of hydrogen-bond donors (Lipinski definition) is 0. The molecule has 1 aromatic rings. The third kappa shape index (κ3) is 4.59. The van der Waals surface area contributed by atoms with Crippen LogP contribution in [-0.2, 0) is 15.6 Å². The molecular weight excluding hydrogens is 410 g/mol. The van der Waals surface area contributed by atoms with E-state index in [9.17, 15) is 9.59 Å². The summed E-state index contributed by atoms with van der Waals surface area (Å²) in [5.41, 5.74) is 4.48. The van der Waals surface area contributed by atoms with Gasteiger partial charge in [-0.1, -0.05) is 33.8 Å². The number of benzene rings is 1. The van der Waals surface area contributed by atoms with Crippen molar-refractivity contribution in [3.63, 3.8) is 0 Å². The number of rotatable bonds is 2. The van der Waals surface area contributed by atoms with Gasteiger partial charge < -0.3 is 9.64 Å². The summed E-state index contributed by atoms with van der Waals surface area (Å²) in [5.74, 6) is 0.255. The van der Waals surface area contributed by atoms with Gasteiger partial charge in [-0.2, -0.15) is 0 Å². The first-order chi connectivity index (χ1) is 15.2.